The Hall–Kier alpha value is -3.72. The molecule has 1 N–H and O–H groups in total. The first-order valence-corrected chi connectivity index (χ1v) is 12.0. The number of methoxy groups -OCH3 is 1. The number of hydrogen-bond donors (Lipinski definition) is 1. The highest BCUT2D eigenvalue weighted by atomic mass is 16.6. The predicted octanol–water partition coefficient (Wildman–Crippen LogP) is 5.59. The van der Waals surface area contributed by atoms with E-state index in [1.165, 1.54) is 6.21 Å². The second-order valence-electron chi connectivity index (χ2n) is 9.46. The van der Waals surface area contributed by atoms with Gasteiger partial charge in [-0.05, 0) is 47.7 Å². The zero-order valence-electron chi connectivity index (χ0n) is 21.6. The van der Waals surface area contributed by atoms with E-state index in [1.54, 1.807) is 19.2 Å². The fourth-order valence-corrected chi connectivity index (χ4v) is 3.95. The van der Waals surface area contributed by atoms with E-state index in [0.29, 0.717) is 18.5 Å². The lowest BCUT2D eigenvalue weighted by Gasteiger charge is -2.27. The molecule has 0 bridgehead atoms. The summed E-state index contributed by atoms with van der Waals surface area (Å²) in [4.78, 5) is 19.6. The van der Waals surface area contributed by atoms with Crippen molar-refractivity contribution in [3.63, 3.8) is 0 Å². The Balaban J connectivity index is 1.71. The van der Waals surface area contributed by atoms with Gasteiger partial charge in [-0.3, -0.25) is 14.3 Å². The maximum absolute atomic E-state index is 12.2. The molecule has 0 aliphatic rings. The number of azo groups is 1. The number of amides is 1. The van der Waals surface area contributed by atoms with Crippen molar-refractivity contribution in [3.05, 3.63) is 54.1 Å². The lowest BCUT2D eigenvalue weighted by Crippen LogP contribution is -2.33. The Kier molecular flexibility index (Phi) is 9.58. The van der Waals surface area contributed by atoms with Crippen LogP contribution in [0.25, 0.3) is 10.9 Å². The molecule has 9 nitrogen and oxygen atoms in total. The molecule has 192 valence electrons. The molecule has 1 heterocycles. The van der Waals surface area contributed by atoms with Gasteiger partial charge in [0.2, 0.25) is 5.88 Å². The second-order valence-corrected chi connectivity index (χ2v) is 9.46. The summed E-state index contributed by atoms with van der Waals surface area (Å²) < 4.78 is 6.92. The van der Waals surface area contributed by atoms with Crippen LogP contribution in [0.5, 0.6) is 11.6 Å². The Morgan fingerprint density at radius 3 is 2.36 bits per heavy atom. The molecule has 1 amide bonds. The summed E-state index contributed by atoms with van der Waals surface area (Å²) in [6, 6.07) is 14.8. The third-order valence-electron chi connectivity index (χ3n) is 5.35. The summed E-state index contributed by atoms with van der Waals surface area (Å²) in [5, 5.41) is 23.4. The number of benzene rings is 2. The zero-order chi connectivity index (χ0) is 26.1. The lowest BCUT2D eigenvalue weighted by atomic mass is 10.1. The minimum atomic E-state index is -0.612. The number of aromatic nitrogens is 1. The van der Waals surface area contributed by atoms with Gasteiger partial charge >= 0.3 is 5.91 Å². The fourth-order valence-electron chi connectivity index (χ4n) is 3.95. The van der Waals surface area contributed by atoms with Crippen molar-refractivity contribution in [3.8, 4) is 11.6 Å². The molecule has 36 heavy (non-hydrogen) atoms. The Bertz CT molecular complexity index is 1190. The number of rotatable bonds is 12. The Morgan fingerprint density at radius 1 is 1.06 bits per heavy atom. The quantitative estimate of drug-likeness (QED) is 0.201. The van der Waals surface area contributed by atoms with Crippen LogP contribution in [-0.2, 0) is 16.3 Å². The molecule has 0 aliphatic heterocycles. The summed E-state index contributed by atoms with van der Waals surface area (Å²) in [5.74, 6) is 1.07. The summed E-state index contributed by atoms with van der Waals surface area (Å²) in [6.07, 6.45) is 1.49. The van der Waals surface area contributed by atoms with Gasteiger partial charge in [0.05, 0.1) is 25.5 Å². The summed E-state index contributed by atoms with van der Waals surface area (Å²) in [5.41, 5.74) is 1.88. The van der Waals surface area contributed by atoms with Gasteiger partial charge in [0.15, 0.2) is 12.3 Å². The minimum Gasteiger partial charge on any atom is -0.497 e. The van der Waals surface area contributed by atoms with Gasteiger partial charge in [0, 0.05) is 18.5 Å². The van der Waals surface area contributed by atoms with Gasteiger partial charge in [-0.15, -0.1) is 10.2 Å². The number of fused-ring (bicyclic) bond motifs is 1. The van der Waals surface area contributed by atoms with Crippen LogP contribution in [0, 0.1) is 11.8 Å². The van der Waals surface area contributed by atoms with Crippen molar-refractivity contribution in [1.29, 1.82) is 0 Å². The topological polar surface area (TPSA) is 101 Å². The molecule has 1 aromatic heterocycles. The third kappa shape index (κ3) is 7.39. The van der Waals surface area contributed by atoms with E-state index in [9.17, 15) is 9.90 Å². The first kappa shape index (κ1) is 26.9. The number of aromatic hydroxyl groups is 1. The maximum Gasteiger partial charge on any atom is 0.304 e. The smallest absolute Gasteiger partial charge is 0.304 e. The molecule has 3 aromatic rings. The van der Waals surface area contributed by atoms with Gasteiger partial charge in [-0.1, -0.05) is 51.0 Å². The molecule has 0 fully saturated rings. The lowest BCUT2D eigenvalue weighted by molar-refractivity contribution is -0.122. The Labute approximate surface area is 212 Å². The SMILES string of the molecule is COc1ccc(/C=N/OCC(=O)N=Nc2c(O)n(CN(CC(C)C)CC(C)C)c3ccccc23)cc1. The average Bonchev–Trinajstić information content (AvgIpc) is 3.10. The van der Waals surface area contributed by atoms with Crippen LogP contribution in [0.1, 0.15) is 33.3 Å². The van der Waals surface area contributed by atoms with Crippen molar-refractivity contribution in [2.45, 2.75) is 34.4 Å². The van der Waals surface area contributed by atoms with Crippen LogP contribution < -0.4 is 4.74 Å². The third-order valence-corrected chi connectivity index (χ3v) is 5.35. The molecule has 3 rings (SSSR count). The molecule has 0 unspecified atom stereocenters. The number of para-hydroxylation sites is 1. The molecule has 0 spiro atoms. The molecule has 0 radical (unpaired) electrons. The molecule has 0 saturated heterocycles. The number of hydrogen-bond acceptors (Lipinski definition) is 7. The monoisotopic (exact) mass is 493 g/mol. The van der Waals surface area contributed by atoms with Crippen molar-refractivity contribution < 1.29 is 19.5 Å². The largest absolute Gasteiger partial charge is 0.497 e. The van der Waals surface area contributed by atoms with Crippen LogP contribution in [0.4, 0.5) is 5.69 Å². The van der Waals surface area contributed by atoms with E-state index >= 15 is 0 Å². The van der Waals surface area contributed by atoms with Crippen molar-refractivity contribution in [2.24, 2.45) is 27.2 Å². The highest BCUT2D eigenvalue weighted by molar-refractivity contribution is 5.95. The second kappa shape index (κ2) is 12.8. The summed E-state index contributed by atoms with van der Waals surface area (Å²) in [7, 11) is 1.60. The summed E-state index contributed by atoms with van der Waals surface area (Å²) >= 11 is 0. The van der Waals surface area contributed by atoms with Crippen molar-refractivity contribution in [1.82, 2.24) is 9.47 Å². The van der Waals surface area contributed by atoms with E-state index in [0.717, 1.165) is 35.3 Å². The standard InChI is InChI=1S/C27H35N5O4/c1-19(2)15-31(16-20(3)4)18-32-24-9-7-6-8-23(24)26(27(32)34)30-29-25(33)17-36-28-14-21-10-12-22(35-5)13-11-21/h6-14,19-20,34H,15-18H2,1-5H3/b28-14+,30-29?. The van der Waals surface area contributed by atoms with Crippen molar-refractivity contribution in [2.75, 3.05) is 26.8 Å². The maximum atomic E-state index is 12.2. The predicted molar refractivity (Wildman–Crippen MR) is 141 cm³/mol. The first-order valence-electron chi connectivity index (χ1n) is 12.0. The average molecular weight is 494 g/mol. The zero-order valence-corrected chi connectivity index (χ0v) is 21.6. The van der Waals surface area contributed by atoms with E-state index in [2.05, 4.69) is 48.0 Å². The van der Waals surface area contributed by atoms with Gasteiger partial charge < -0.3 is 14.7 Å². The molecule has 2 aromatic carbocycles. The number of carbonyl (C=O) groups excluding carboxylic acids is 1. The van der Waals surface area contributed by atoms with Gasteiger partial charge in [-0.2, -0.15) is 0 Å². The van der Waals surface area contributed by atoms with E-state index in [4.69, 9.17) is 9.57 Å². The first-order chi connectivity index (χ1) is 17.3. The number of oxime groups is 1. The van der Waals surface area contributed by atoms with Crippen molar-refractivity contribution >= 4 is 28.7 Å². The minimum absolute atomic E-state index is 0.0243. The van der Waals surface area contributed by atoms with Crippen LogP contribution >= 0.6 is 0 Å². The van der Waals surface area contributed by atoms with Gasteiger partial charge in [-0.25, -0.2) is 0 Å². The van der Waals surface area contributed by atoms with Gasteiger partial charge in [0.25, 0.3) is 0 Å². The number of ether oxygens (including phenoxy) is 1. The molecule has 0 atom stereocenters. The molecule has 9 heteroatoms. The number of carbonyl (C=O) groups is 1. The molecule has 0 aliphatic carbocycles. The normalized spacial score (nSPS) is 12.1. The molecule has 0 saturated carbocycles. The van der Waals surface area contributed by atoms with E-state index in [-0.39, 0.29) is 18.2 Å². The summed E-state index contributed by atoms with van der Waals surface area (Å²) in [6.45, 7) is 10.6. The Morgan fingerprint density at radius 2 is 1.72 bits per heavy atom. The van der Waals surface area contributed by atoms with Crippen LogP contribution in [0.3, 0.4) is 0 Å². The highest BCUT2D eigenvalue weighted by Gasteiger charge is 2.19. The molecular formula is C27H35N5O4. The van der Waals surface area contributed by atoms with Crippen LogP contribution in [-0.4, -0.2) is 53.5 Å². The fraction of sp³-hybridized carbons (Fsp3) is 0.407. The molecular weight excluding hydrogens is 458 g/mol. The van der Waals surface area contributed by atoms with E-state index in [1.807, 2.05) is 41.0 Å². The number of nitrogens with zero attached hydrogens (tertiary/aromatic N) is 5. The van der Waals surface area contributed by atoms with E-state index < -0.39 is 5.91 Å². The van der Waals surface area contributed by atoms with Crippen LogP contribution in [0.15, 0.2) is 63.9 Å². The van der Waals surface area contributed by atoms with Crippen LogP contribution in [0.2, 0.25) is 0 Å². The van der Waals surface area contributed by atoms with Gasteiger partial charge in [0.1, 0.15) is 5.75 Å². The highest BCUT2D eigenvalue weighted by Crippen LogP contribution is 2.39.